The van der Waals surface area contributed by atoms with Crippen LogP contribution in [0.4, 0.5) is 0 Å². The first-order valence-electron chi connectivity index (χ1n) is 11.9. The van der Waals surface area contributed by atoms with Crippen LogP contribution in [0.1, 0.15) is 72.6 Å². The molecule has 1 saturated carbocycles. The summed E-state index contributed by atoms with van der Waals surface area (Å²) < 4.78 is 11.6. The Bertz CT molecular complexity index is 541. The monoisotopic (exact) mass is 447 g/mol. The van der Waals surface area contributed by atoms with E-state index in [1.54, 1.807) is 0 Å². The number of aliphatic hydroxyl groups excluding tert-OH is 4. The topological polar surface area (TPSA) is 163 Å². The van der Waals surface area contributed by atoms with Crippen LogP contribution < -0.4 is 16.8 Å². The number of ether oxygens (including phenoxy) is 2. The van der Waals surface area contributed by atoms with Crippen LogP contribution in [0.5, 0.6) is 0 Å². The lowest BCUT2D eigenvalue weighted by Gasteiger charge is -2.48. The highest BCUT2D eigenvalue weighted by molar-refractivity contribution is 5.02. The minimum absolute atomic E-state index is 0.146. The molecule has 11 unspecified atom stereocenters. The fourth-order valence-electron chi connectivity index (χ4n) is 4.98. The number of rotatable bonds is 10. The first kappa shape index (κ1) is 26.9. The van der Waals surface area contributed by atoms with Crippen molar-refractivity contribution in [3.05, 3.63) is 0 Å². The number of nitrogens with one attached hydrogen (secondary N) is 1. The Morgan fingerprint density at radius 2 is 1.65 bits per heavy atom. The molecular formula is C22H45N3O6. The number of hydrogen-bond donors (Lipinski definition) is 7. The van der Waals surface area contributed by atoms with Gasteiger partial charge in [0.2, 0.25) is 0 Å². The van der Waals surface area contributed by atoms with Crippen LogP contribution in [0.3, 0.4) is 0 Å². The van der Waals surface area contributed by atoms with Crippen molar-refractivity contribution in [1.82, 2.24) is 5.32 Å². The zero-order valence-electron chi connectivity index (χ0n) is 19.5. The molecule has 2 rings (SSSR count). The summed E-state index contributed by atoms with van der Waals surface area (Å²) in [5, 5.41) is 45.6. The maximum atomic E-state index is 10.9. The molecule has 2 fully saturated rings. The van der Waals surface area contributed by atoms with E-state index in [9.17, 15) is 20.4 Å². The average molecular weight is 448 g/mol. The van der Waals surface area contributed by atoms with E-state index in [1.807, 2.05) is 6.92 Å². The van der Waals surface area contributed by atoms with E-state index in [1.165, 1.54) is 0 Å². The highest BCUT2D eigenvalue weighted by Crippen LogP contribution is 2.30. The second-order valence-electron chi connectivity index (χ2n) is 9.66. The van der Waals surface area contributed by atoms with Gasteiger partial charge in [0.15, 0.2) is 6.29 Å². The van der Waals surface area contributed by atoms with Gasteiger partial charge in [-0.05, 0) is 32.6 Å². The molecule has 0 radical (unpaired) electrons. The minimum Gasteiger partial charge on any atom is -0.389 e. The maximum absolute atomic E-state index is 10.9. The van der Waals surface area contributed by atoms with Crippen molar-refractivity contribution in [2.45, 2.75) is 139 Å². The molecule has 31 heavy (non-hydrogen) atoms. The van der Waals surface area contributed by atoms with Crippen molar-refractivity contribution in [2.75, 3.05) is 0 Å². The number of aliphatic hydroxyl groups is 4. The first-order valence-corrected chi connectivity index (χ1v) is 11.9. The molecule has 9 nitrogen and oxygen atoms in total. The molecule has 0 aromatic rings. The van der Waals surface area contributed by atoms with E-state index < -0.39 is 55.0 Å². The van der Waals surface area contributed by atoms with Crippen molar-refractivity contribution < 1.29 is 29.9 Å². The zero-order valence-corrected chi connectivity index (χ0v) is 19.5. The van der Waals surface area contributed by atoms with Crippen molar-refractivity contribution in [1.29, 1.82) is 0 Å². The Kier molecular flexibility index (Phi) is 10.1. The summed E-state index contributed by atoms with van der Waals surface area (Å²) in [5.74, 6) is 0. The molecule has 1 aliphatic carbocycles. The van der Waals surface area contributed by atoms with E-state index in [0.717, 1.165) is 32.1 Å². The van der Waals surface area contributed by atoms with Gasteiger partial charge in [0.25, 0.3) is 0 Å². The summed E-state index contributed by atoms with van der Waals surface area (Å²) in [7, 11) is 0. The molecule has 1 heterocycles. The molecular weight excluding hydrogens is 402 g/mol. The van der Waals surface area contributed by atoms with Crippen molar-refractivity contribution in [3.63, 3.8) is 0 Å². The fourth-order valence-corrected chi connectivity index (χ4v) is 4.98. The number of nitrogens with two attached hydrogens (primary N) is 2. The van der Waals surface area contributed by atoms with Gasteiger partial charge in [-0.15, -0.1) is 0 Å². The molecule has 2 aliphatic rings. The molecule has 1 aliphatic heterocycles. The summed E-state index contributed by atoms with van der Waals surface area (Å²) >= 11 is 0. The molecule has 1 saturated heterocycles. The molecule has 9 N–H and O–H groups in total. The molecule has 0 bridgehead atoms. The molecule has 0 aromatic heterocycles. The summed E-state index contributed by atoms with van der Waals surface area (Å²) in [6, 6.07) is -1.92. The van der Waals surface area contributed by atoms with Crippen molar-refractivity contribution >= 4 is 0 Å². The molecule has 11 atom stereocenters. The van der Waals surface area contributed by atoms with Crippen LogP contribution in [-0.2, 0) is 9.47 Å². The van der Waals surface area contributed by atoms with Gasteiger partial charge in [-0.3, -0.25) is 0 Å². The molecule has 0 spiro atoms. The van der Waals surface area contributed by atoms with Gasteiger partial charge in [0.1, 0.15) is 24.4 Å². The van der Waals surface area contributed by atoms with E-state index >= 15 is 0 Å². The average Bonchev–Trinajstić information content (AvgIpc) is 2.73. The Labute approximate surface area is 186 Å². The molecule has 9 heteroatoms. The standard InChI is InChI=1S/C22H45N3O6/c1-5-8-10-22(4,9-6-2)25-13-11-12(23)20(19(29)16(13)26)31-21-15(24)18(28)17(27)14(7-3)30-21/h12-21,25-29H,5-11,23-24H2,1-4H3. The van der Waals surface area contributed by atoms with Gasteiger partial charge < -0.3 is 46.7 Å². The first-order chi connectivity index (χ1) is 14.6. The smallest absolute Gasteiger partial charge is 0.176 e. The Morgan fingerprint density at radius 1 is 0.968 bits per heavy atom. The van der Waals surface area contributed by atoms with Crippen LogP contribution in [0.25, 0.3) is 0 Å². The second-order valence-corrected chi connectivity index (χ2v) is 9.66. The SMILES string of the molecule is CCCCC(C)(CCC)NC1CC(N)C(OC2OC(CC)C(O)C(O)C2N)C(O)C1O. The Morgan fingerprint density at radius 3 is 2.23 bits per heavy atom. The predicted octanol–water partition coefficient (Wildman–Crippen LogP) is -0.284. The Hall–Kier alpha value is -0.360. The lowest BCUT2D eigenvalue weighted by atomic mass is 9.81. The van der Waals surface area contributed by atoms with Crippen LogP contribution >= 0.6 is 0 Å². The summed E-state index contributed by atoms with van der Waals surface area (Å²) in [4.78, 5) is 0. The van der Waals surface area contributed by atoms with E-state index in [0.29, 0.717) is 12.8 Å². The number of unbranched alkanes of at least 4 members (excludes halogenated alkanes) is 1. The third-order valence-electron chi connectivity index (χ3n) is 6.91. The van der Waals surface area contributed by atoms with Gasteiger partial charge in [-0.25, -0.2) is 0 Å². The summed E-state index contributed by atoms with van der Waals surface area (Å²) in [5.41, 5.74) is 12.2. The normalized spacial score (nSPS) is 43.5. The Balaban J connectivity index is 2.07. The minimum atomic E-state index is -1.24. The van der Waals surface area contributed by atoms with Crippen LogP contribution in [0, 0.1) is 0 Å². The van der Waals surface area contributed by atoms with Gasteiger partial charge >= 0.3 is 0 Å². The summed E-state index contributed by atoms with van der Waals surface area (Å²) in [6.45, 7) is 8.27. The predicted molar refractivity (Wildman–Crippen MR) is 118 cm³/mol. The maximum Gasteiger partial charge on any atom is 0.176 e. The summed E-state index contributed by atoms with van der Waals surface area (Å²) in [6.07, 6.45) is -1.20. The van der Waals surface area contributed by atoms with Crippen LogP contribution in [0.2, 0.25) is 0 Å². The van der Waals surface area contributed by atoms with Gasteiger partial charge in [0.05, 0.1) is 18.2 Å². The van der Waals surface area contributed by atoms with E-state index in [4.69, 9.17) is 20.9 Å². The fraction of sp³-hybridized carbons (Fsp3) is 1.00. The third kappa shape index (κ3) is 6.37. The van der Waals surface area contributed by atoms with Crippen LogP contribution in [0.15, 0.2) is 0 Å². The quantitative estimate of drug-likeness (QED) is 0.238. The highest BCUT2D eigenvalue weighted by atomic mass is 16.7. The lowest BCUT2D eigenvalue weighted by Crippen LogP contribution is -2.68. The highest BCUT2D eigenvalue weighted by Gasteiger charge is 2.49. The van der Waals surface area contributed by atoms with Crippen molar-refractivity contribution in [3.8, 4) is 0 Å². The largest absolute Gasteiger partial charge is 0.389 e. The molecule has 0 aromatic carbocycles. The van der Waals surface area contributed by atoms with Gasteiger partial charge in [0, 0.05) is 17.6 Å². The second kappa shape index (κ2) is 11.7. The molecule has 0 amide bonds. The third-order valence-corrected chi connectivity index (χ3v) is 6.91. The van der Waals surface area contributed by atoms with Crippen molar-refractivity contribution in [2.24, 2.45) is 11.5 Å². The zero-order chi connectivity index (χ0) is 23.3. The molecule has 184 valence electrons. The van der Waals surface area contributed by atoms with Crippen LogP contribution in [-0.4, -0.2) is 87.0 Å². The van der Waals surface area contributed by atoms with E-state index in [-0.39, 0.29) is 11.6 Å². The number of hydrogen-bond acceptors (Lipinski definition) is 9. The van der Waals surface area contributed by atoms with E-state index in [2.05, 4.69) is 26.1 Å². The van der Waals surface area contributed by atoms with Gasteiger partial charge in [-0.2, -0.15) is 0 Å². The lowest BCUT2D eigenvalue weighted by molar-refractivity contribution is -0.290. The van der Waals surface area contributed by atoms with Gasteiger partial charge in [-0.1, -0.05) is 40.0 Å².